The van der Waals surface area contributed by atoms with Crippen LogP contribution < -0.4 is 15.4 Å². The molecule has 0 aliphatic carbocycles. The van der Waals surface area contributed by atoms with Gasteiger partial charge in [0.25, 0.3) is 0 Å². The Bertz CT molecular complexity index is 411. The first-order valence-corrected chi connectivity index (χ1v) is 6.18. The van der Waals surface area contributed by atoms with Crippen LogP contribution in [0.25, 0.3) is 0 Å². The highest BCUT2D eigenvalue weighted by Gasteiger charge is 2.03. The molecule has 0 spiro atoms. The van der Waals surface area contributed by atoms with Crippen LogP contribution in [0.3, 0.4) is 0 Å². The van der Waals surface area contributed by atoms with E-state index >= 15 is 0 Å². The predicted octanol–water partition coefficient (Wildman–Crippen LogP) is 1.65. The summed E-state index contributed by atoms with van der Waals surface area (Å²) in [6.45, 7) is -1.08. The third kappa shape index (κ3) is 6.33. The topological polar surface area (TPSA) is 53.6 Å². The van der Waals surface area contributed by atoms with Crippen molar-refractivity contribution in [3.63, 3.8) is 0 Å². The molecule has 112 valence electrons. The quantitative estimate of drug-likeness (QED) is 0.750. The molecule has 0 aliphatic heterocycles. The van der Waals surface area contributed by atoms with Crippen LogP contribution in [-0.2, 0) is 6.54 Å². The Morgan fingerprint density at radius 1 is 1.25 bits per heavy atom. The molecule has 2 N–H and O–H groups in total. The number of hydrogen-bond donors (Lipinski definition) is 2. The molecule has 1 aromatic carbocycles. The highest BCUT2D eigenvalue weighted by Crippen LogP contribution is 2.14. The standard InChI is InChI=1S/C13H19F2N3O2/c1-18(2)13(19)17-8-7-16-9-10-3-5-11(6-4-10)20-12(14)15/h3-6,12,16H,7-9H2,1-2H3,(H,17,19). The van der Waals surface area contributed by atoms with E-state index in [1.54, 1.807) is 26.2 Å². The maximum Gasteiger partial charge on any atom is 0.387 e. The van der Waals surface area contributed by atoms with E-state index in [9.17, 15) is 13.6 Å². The van der Waals surface area contributed by atoms with Crippen molar-refractivity contribution in [2.75, 3.05) is 27.2 Å². The van der Waals surface area contributed by atoms with E-state index in [0.29, 0.717) is 19.6 Å². The van der Waals surface area contributed by atoms with Crippen LogP contribution >= 0.6 is 0 Å². The summed E-state index contributed by atoms with van der Waals surface area (Å²) in [5.74, 6) is 0.141. The molecular weight excluding hydrogens is 268 g/mol. The lowest BCUT2D eigenvalue weighted by Gasteiger charge is -2.12. The first-order valence-electron chi connectivity index (χ1n) is 6.18. The molecule has 2 amide bonds. The molecule has 0 saturated carbocycles. The Kier molecular flexibility index (Phi) is 6.72. The second kappa shape index (κ2) is 8.31. The highest BCUT2D eigenvalue weighted by molar-refractivity contribution is 5.73. The number of hydrogen-bond acceptors (Lipinski definition) is 3. The fourth-order valence-electron chi connectivity index (χ4n) is 1.44. The molecule has 0 radical (unpaired) electrons. The number of urea groups is 1. The summed E-state index contributed by atoms with van der Waals surface area (Å²) < 4.78 is 28.2. The lowest BCUT2D eigenvalue weighted by molar-refractivity contribution is -0.0498. The fraction of sp³-hybridized carbons (Fsp3) is 0.462. The molecule has 20 heavy (non-hydrogen) atoms. The summed E-state index contributed by atoms with van der Waals surface area (Å²) in [6, 6.07) is 6.28. The van der Waals surface area contributed by atoms with Crippen molar-refractivity contribution in [3.8, 4) is 5.75 Å². The van der Waals surface area contributed by atoms with Gasteiger partial charge in [0, 0.05) is 33.7 Å². The zero-order valence-corrected chi connectivity index (χ0v) is 11.5. The second-order valence-corrected chi connectivity index (χ2v) is 4.33. The summed E-state index contributed by atoms with van der Waals surface area (Å²) in [5, 5.41) is 5.85. The monoisotopic (exact) mass is 287 g/mol. The number of alkyl halides is 2. The third-order valence-electron chi connectivity index (χ3n) is 2.46. The van der Waals surface area contributed by atoms with Crippen molar-refractivity contribution < 1.29 is 18.3 Å². The van der Waals surface area contributed by atoms with Gasteiger partial charge in [-0.1, -0.05) is 12.1 Å². The molecule has 0 unspecified atom stereocenters. The highest BCUT2D eigenvalue weighted by atomic mass is 19.3. The number of nitrogens with zero attached hydrogens (tertiary/aromatic N) is 1. The molecule has 0 atom stereocenters. The molecule has 0 aromatic heterocycles. The van der Waals surface area contributed by atoms with Crippen LogP contribution in [0.2, 0.25) is 0 Å². The van der Waals surface area contributed by atoms with Gasteiger partial charge in [-0.25, -0.2) is 4.79 Å². The van der Waals surface area contributed by atoms with E-state index in [1.165, 1.54) is 17.0 Å². The molecule has 0 fully saturated rings. The molecule has 0 heterocycles. The van der Waals surface area contributed by atoms with E-state index in [-0.39, 0.29) is 11.8 Å². The number of carbonyl (C=O) groups excluding carboxylic acids is 1. The Hall–Kier alpha value is -1.89. The van der Waals surface area contributed by atoms with E-state index in [1.807, 2.05) is 0 Å². The van der Waals surface area contributed by atoms with Gasteiger partial charge in [-0.15, -0.1) is 0 Å². The van der Waals surface area contributed by atoms with Gasteiger partial charge in [0.2, 0.25) is 0 Å². The van der Waals surface area contributed by atoms with Gasteiger partial charge in [-0.3, -0.25) is 0 Å². The molecule has 1 rings (SSSR count). The first kappa shape index (κ1) is 16.2. The molecular formula is C13H19F2N3O2. The number of rotatable bonds is 7. The summed E-state index contributed by atoms with van der Waals surface area (Å²) in [4.78, 5) is 12.7. The van der Waals surface area contributed by atoms with Crippen molar-refractivity contribution in [1.29, 1.82) is 0 Å². The number of ether oxygens (including phenoxy) is 1. The number of amides is 2. The van der Waals surface area contributed by atoms with Crippen LogP contribution in [0.15, 0.2) is 24.3 Å². The Morgan fingerprint density at radius 2 is 1.90 bits per heavy atom. The zero-order valence-electron chi connectivity index (χ0n) is 11.5. The average Bonchev–Trinajstić information content (AvgIpc) is 2.39. The van der Waals surface area contributed by atoms with Crippen LogP contribution in [0, 0.1) is 0 Å². The first-order chi connectivity index (χ1) is 9.49. The van der Waals surface area contributed by atoms with Crippen molar-refractivity contribution in [3.05, 3.63) is 29.8 Å². The van der Waals surface area contributed by atoms with E-state index in [2.05, 4.69) is 15.4 Å². The van der Waals surface area contributed by atoms with Crippen molar-refractivity contribution >= 4 is 6.03 Å². The number of halogens is 2. The Labute approximate surface area is 116 Å². The maximum atomic E-state index is 12.0. The lowest BCUT2D eigenvalue weighted by Crippen LogP contribution is -2.38. The SMILES string of the molecule is CN(C)C(=O)NCCNCc1ccc(OC(F)F)cc1. The Morgan fingerprint density at radius 3 is 2.45 bits per heavy atom. The third-order valence-corrected chi connectivity index (χ3v) is 2.46. The van der Waals surface area contributed by atoms with Gasteiger partial charge in [0.05, 0.1) is 0 Å². The van der Waals surface area contributed by atoms with Crippen LogP contribution in [0.1, 0.15) is 5.56 Å². The van der Waals surface area contributed by atoms with Gasteiger partial charge >= 0.3 is 12.6 Å². The van der Waals surface area contributed by atoms with Crippen molar-refractivity contribution in [1.82, 2.24) is 15.5 Å². The largest absolute Gasteiger partial charge is 0.435 e. The minimum Gasteiger partial charge on any atom is -0.435 e. The minimum absolute atomic E-state index is 0.139. The van der Waals surface area contributed by atoms with Crippen LogP contribution in [-0.4, -0.2) is 44.7 Å². The summed E-state index contributed by atoms with van der Waals surface area (Å²) in [7, 11) is 3.34. The molecule has 7 heteroatoms. The van der Waals surface area contributed by atoms with Gasteiger partial charge < -0.3 is 20.3 Å². The predicted molar refractivity (Wildman–Crippen MR) is 71.9 cm³/mol. The molecule has 1 aromatic rings. The van der Waals surface area contributed by atoms with Crippen LogP contribution in [0.4, 0.5) is 13.6 Å². The van der Waals surface area contributed by atoms with E-state index < -0.39 is 6.61 Å². The number of benzene rings is 1. The van der Waals surface area contributed by atoms with Crippen LogP contribution in [0.5, 0.6) is 5.75 Å². The molecule has 0 saturated heterocycles. The molecule has 5 nitrogen and oxygen atoms in total. The summed E-state index contributed by atoms with van der Waals surface area (Å²) in [6.07, 6.45) is 0. The molecule has 0 bridgehead atoms. The van der Waals surface area contributed by atoms with Gasteiger partial charge in [-0.2, -0.15) is 8.78 Å². The maximum absolute atomic E-state index is 12.0. The summed E-state index contributed by atoms with van der Waals surface area (Å²) >= 11 is 0. The van der Waals surface area contributed by atoms with E-state index in [4.69, 9.17) is 0 Å². The molecule has 0 aliphatic rings. The summed E-state index contributed by atoms with van der Waals surface area (Å²) in [5.41, 5.74) is 0.950. The number of nitrogens with one attached hydrogen (secondary N) is 2. The zero-order chi connectivity index (χ0) is 15.0. The van der Waals surface area contributed by atoms with Crippen molar-refractivity contribution in [2.45, 2.75) is 13.2 Å². The lowest BCUT2D eigenvalue weighted by atomic mass is 10.2. The van der Waals surface area contributed by atoms with Gasteiger partial charge in [0.1, 0.15) is 5.75 Å². The van der Waals surface area contributed by atoms with Crippen molar-refractivity contribution in [2.24, 2.45) is 0 Å². The minimum atomic E-state index is -2.81. The number of carbonyl (C=O) groups is 1. The van der Waals surface area contributed by atoms with E-state index in [0.717, 1.165) is 5.56 Å². The van der Waals surface area contributed by atoms with Gasteiger partial charge in [-0.05, 0) is 17.7 Å². The smallest absolute Gasteiger partial charge is 0.387 e. The normalized spacial score (nSPS) is 10.4. The Balaban J connectivity index is 2.20. The van der Waals surface area contributed by atoms with Gasteiger partial charge in [0.15, 0.2) is 0 Å². The fourth-order valence-corrected chi connectivity index (χ4v) is 1.44. The average molecular weight is 287 g/mol. The second-order valence-electron chi connectivity index (χ2n) is 4.33.